The minimum absolute atomic E-state index is 0.132. The lowest BCUT2D eigenvalue weighted by molar-refractivity contribution is -0.384. The minimum atomic E-state index is -0.523. The Morgan fingerprint density at radius 1 is 1.32 bits per heavy atom. The highest BCUT2D eigenvalue weighted by atomic mass is 79.9. The maximum absolute atomic E-state index is 11.8. The average molecular weight is 408 g/mol. The second kappa shape index (κ2) is 7.60. The summed E-state index contributed by atoms with van der Waals surface area (Å²) in [7, 11) is 0. The van der Waals surface area contributed by atoms with Gasteiger partial charge < -0.3 is 10.1 Å². The second-order valence-electron chi connectivity index (χ2n) is 6.36. The fourth-order valence-electron chi connectivity index (χ4n) is 2.05. The summed E-state index contributed by atoms with van der Waals surface area (Å²) >= 11 is 3.16. The van der Waals surface area contributed by atoms with Crippen LogP contribution in [0.4, 0.5) is 17.2 Å². The van der Waals surface area contributed by atoms with E-state index in [1.807, 2.05) is 20.8 Å². The number of anilines is 2. The predicted molar refractivity (Wildman–Crippen MR) is 97.9 cm³/mol. The summed E-state index contributed by atoms with van der Waals surface area (Å²) in [4.78, 5) is 26.5. The Morgan fingerprint density at radius 3 is 2.52 bits per heavy atom. The molecule has 0 spiro atoms. The number of benzene rings is 1. The number of carbonyl (C=O) groups excluding carboxylic acids is 1. The largest absolute Gasteiger partial charge is 0.460 e. The van der Waals surface area contributed by atoms with Crippen LogP contribution in [0.15, 0.2) is 41.0 Å². The van der Waals surface area contributed by atoms with E-state index in [-0.39, 0.29) is 23.9 Å². The second-order valence-corrected chi connectivity index (χ2v) is 7.28. The first-order chi connectivity index (χ1) is 11.6. The Kier molecular flexibility index (Phi) is 5.73. The number of esters is 1. The number of pyridine rings is 1. The molecule has 0 amide bonds. The van der Waals surface area contributed by atoms with E-state index in [4.69, 9.17) is 4.74 Å². The molecule has 2 rings (SSSR count). The van der Waals surface area contributed by atoms with Gasteiger partial charge in [-0.2, -0.15) is 0 Å². The van der Waals surface area contributed by atoms with Crippen molar-refractivity contribution in [2.75, 3.05) is 5.32 Å². The SMILES string of the molecule is CC(C)(C)OC(=O)Cc1ccc(Nc2ncc(Br)cc2[N+](=O)[O-])cc1. The molecule has 8 heteroatoms. The predicted octanol–water partition coefficient (Wildman–Crippen LogP) is 4.38. The Bertz CT molecular complexity index is 785. The zero-order valence-electron chi connectivity index (χ0n) is 14.1. The van der Waals surface area contributed by atoms with Crippen molar-refractivity contribution in [2.45, 2.75) is 32.8 Å². The summed E-state index contributed by atoms with van der Waals surface area (Å²) < 4.78 is 5.80. The van der Waals surface area contributed by atoms with E-state index >= 15 is 0 Å². The van der Waals surface area contributed by atoms with E-state index < -0.39 is 10.5 Å². The van der Waals surface area contributed by atoms with Crippen LogP contribution >= 0.6 is 15.9 Å². The number of ether oxygens (including phenoxy) is 1. The van der Waals surface area contributed by atoms with E-state index in [2.05, 4.69) is 26.2 Å². The number of carbonyl (C=O) groups is 1. The molecule has 0 aliphatic heterocycles. The molecule has 0 radical (unpaired) electrons. The summed E-state index contributed by atoms with van der Waals surface area (Å²) in [5, 5.41) is 14.0. The average Bonchev–Trinajstić information content (AvgIpc) is 2.49. The van der Waals surface area contributed by atoms with E-state index in [0.717, 1.165) is 5.56 Å². The van der Waals surface area contributed by atoms with Crippen molar-refractivity contribution in [1.82, 2.24) is 4.98 Å². The zero-order chi connectivity index (χ0) is 18.6. The third kappa shape index (κ3) is 5.82. The molecule has 0 aliphatic rings. The molecular formula is C17H18BrN3O4. The third-order valence-corrected chi connectivity index (χ3v) is 3.45. The number of nitrogens with one attached hydrogen (secondary N) is 1. The first-order valence-electron chi connectivity index (χ1n) is 7.52. The number of hydrogen-bond acceptors (Lipinski definition) is 6. The van der Waals surface area contributed by atoms with Gasteiger partial charge in [0.15, 0.2) is 0 Å². The fourth-order valence-corrected chi connectivity index (χ4v) is 2.37. The van der Waals surface area contributed by atoms with Crippen LogP contribution in [-0.2, 0) is 16.0 Å². The number of hydrogen-bond donors (Lipinski definition) is 1. The van der Waals surface area contributed by atoms with Gasteiger partial charge in [0.05, 0.1) is 11.3 Å². The molecule has 0 saturated carbocycles. The summed E-state index contributed by atoms with van der Waals surface area (Å²) in [6.45, 7) is 5.45. The quantitative estimate of drug-likeness (QED) is 0.448. The molecule has 1 aromatic carbocycles. The van der Waals surface area contributed by atoms with E-state index in [1.54, 1.807) is 24.3 Å². The van der Waals surface area contributed by atoms with E-state index in [1.165, 1.54) is 12.3 Å². The maximum Gasteiger partial charge on any atom is 0.312 e. The lowest BCUT2D eigenvalue weighted by atomic mass is 10.1. The molecule has 0 saturated heterocycles. The molecule has 25 heavy (non-hydrogen) atoms. The van der Waals surface area contributed by atoms with Gasteiger partial charge in [-0.1, -0.05) is 12.1 Å². The molecule has 0 unspecified atom stereocenters. The highest BCUT2D eigenvalue weighted by Crippen LogP contribution is 2.28. The molecule has 2 aromatic rings. The van der Waals surface area contributed by atoms with Crippen molar-refractivity contribution in [2.24, 2.45) is 0 Å². The first kappa shape index (κ1) is 18.9. The molecule has 1 N–H and O–H groups in total. The molecule has 0 fully saturated rings. The Balaban J connectivity index is 2.09. The maximum atomic E-state index is 11.8. The zero-order valence-corrected chi connectivity index (χ0v) is 15.7. The van der Waals surface area contributed by atoms with Gasteiger partial charge in [-0.15, -0.1) is 0 Å². The van der Waals surface area contributed by atoms with Gasteiger partial charge in [-0.05, 0) is 54.4 Å². The van der Waals surface area contributed by atoms with Crippen LogP contribution in [0, 0.1) is 10.1 Å². The summed E-state index contributed by atoms with van der Waals surface area (Å²) in [5.74, 6) is -0.161. The minimum Gasteiger partial charge on any atom is -0.460 e. The Hall–Kier alpha value is -2.48. The molecule has 7 nitrogen and oxygen atoms in total. The van der Waals surface area contributed by atoms with Crippen molar-refractivity contribution in [3.63, 3.8) is 0 Å². The van der Waals surface area contributed by atoms with Crippen molar-refractivity contribution >= 4 is 39.1 Å². The van der Waals surface area contributed by atoms with Crippen LogP contribution in [0.5, 0.6) is 0 Å². The molecule has 1 aromatic heterocycles. The fraction of sp³-hybridized carbons (Fsp3) is 0.294. The van der Waals surface area contributed by atoms with Gasteiger partial charge >= 0.3 is 11.7 Å². The van der Waals surface area contributed by atoms with Crippen molar-refractivity contribution in [3.05, 3.63) is 56.7 Å². The van der Waals surface area contributed by atoms with Crippen molar-refractivity contribution < 1.29 is 14.5 Å². The van der Waals surface area contributed by atoms with Gasteiger partial charge in [0.1, 0.15) is 5.60 Å². The number of aromatic nitrogens is 1. The van der Waals surface area contributed by atoms with Gasteiger partial charge in [-0.3, -0.25) is 14.9 Å². The molecule has 0 atom stereocenters. The van der Waals surface area contributed by atoms with Crippen LogP contribution in [0.2, 0.25) is 0 Å². The number of nitrogens with zero attached hydrogens (tertiary/aromatic N) is 2. The Morgan fingerprint density at radius 2 is 1.96 bits per heavy atom. The molecule has 1 heterocycles. The summed E-state index contributed by atoms with van der Waals surface area (Å²) in [6, 6.07) is 8.36. The number of halogens is 1. The highest BCUT2D eigenvalue weighted by Gasteiger charge is 2.17. The molecular weight excluding hydrogens is 390 g/mol. The van der Waals surface area contributed by atoms with Crippen LogP contribution in [0.25, 0.3) is 0 Å². The Labute approximate surface area is 153 Å². The standard InChI is InChI=1S/C17H18BrN3O4/c1-17(2,3)25-15(22)8-11-4-6-13(7-5-11)20-16-14(21(23)24)9-12(18)10-19-16/h4-7,9-10H,8H2,1-3H3,(H,19,20). The van der Waals surface area contributed by atoms with E-state index in [0.29, 0.717) is 10.2 Å². The van der Waals surface area contributed by atoms with Crippen LogP contribution in [0.3, 0.4) is 0 Å². The van der Waals surface area contributed by atoms with Crippen LogP contribution < -0.4 is 5.32 Å². The normalized spacial score (nSPS) is 11.0. The third-order valence-electron chi connectivity index (χ3n) is 3.02. The summed E-state index contributed by atoms with van der Waals surface area (Å²) in [5.41, 5.74) is 0.765. The lowest BCUT2D eigenvalue weighted by Gasteiger charge is -2.19. The topological polar surface area (TPSA) is 94.4 Å². The van der Waals surface area contributed by atoms with E-state index in [9.17, 15) is 14.9 Å². The number of rotatable bonds is 5. The highest BCUT2D eigenvalue weighted by molar-refractivity contribution is 9.10. The lowest BCUT2D eigenvalue weighted by Crippen LogP contribution is -2.24. The van der Waals surface area contributed by atoms with Crippen LogP contribution in [0.1, 0.15) is 26.3 Å². The van der Waals surface area contributed by atoms with Gasteiger partial charge in [0.2, 0.25) is 5.82 Å². The van der Waals surface area contributed by atoms with Gasteiger partial charge in [0.25, 0.3) is 0 Å². The number of nitro groups is 1. The first-order valence-corrected chi connectivity index (χ1v) is 8.31. The van der Waals surface area contributed by atoms with Crippen molar-refractivity contribution in [3.8, 4) is 0 Å². The van der Waals surface area contributed by atoms with Crippen LogP contribution in [-0.4, -0.2) is 21.5 Å². The summed E-state index contributed by atoms with van der Waals surface area (Å²) in [6.07, 6.45) is 1.64. The molecule has 0 aliphatic carbocycles. The smallest absolute Gasteiger partial charge is 0.312 e. The monoisotopic (exact) mass is 407 g/mol. The molecule has 0 bridgehead atoms. The van der Waals surface area contributed by atoms with Gasteiger partial charge in [0, 0.05) is 22.4 Å². The molecule has 132 valence electrons. The van der Waals surface area contributed by atoms with Gasteiger partial charge in [-0.25, -0.2) is 4.98 Å². The van der Waals surface area contributed by atoms with Crippen molar-refractivity contribution in [1.29, 1.82) is 0 Å².